The van der Waals surface area contributed by atoms with Crippen LogP contribution < -0.4 is 20.7 Å². The molecule has 0 unspecified atom stereocenters. The predicted molar refractivity (Wildman–Crippen MR) is 124 cm³/mol. The summed E-state index contributed by atoms with van der Waals surface area (Å²) in [5, 5.41) is 9.58. The van der Waals surface area contributed by atoms with E-state index in [0.29, 0.717) is 29.0 Å². The lowest BCUT2D eigenvalue weighted by molar-refractivity contribution is -0.123. The van der Waals surface area contributed by atoms with Crippen molar-refractivity contribution in [2.75, 3.05) is 40.1 Å². The van der Waals surface area contributed by atoms with Crippen molar-refractivity contribution in [3.63, 3.8) is 0 Å². The van der Waals surface area contributed by atoms with Crippen molar-refractivity contribution in [2.24, 2.45) is 0 Å². The van der Waals surface area contributed by atoms with E-state index >= 15 is 0 Å². The fourth-order valence-corrected chi connectivity index (χ4v) is 3.43. The maximum atomic E-state index is 14.4. The molecule has 170 valence electrons. The second-order valence-corrected chi connectivity index (χ2v) is 7.86. The highest BCUT2D eigenvalue weighted by atomic mass is 35.5. The Morgan fingerprint density at radius 1 is 1.28 bits per heavy atom. The first-order chi connectivity index (χ1) is 15.3. The molecule has 1 atom stereocenters. The first-order valence-electron chi connectivity index (χ1n) is 9.96. The Bertz CT molecular complexity index is 1110. The summed E-state index contributed by atoms with van der Waals surface area (Å²) in [6.45, 7) is 0.799. The number of fused-ring (bicyclic) bond motifs is 1. The van der Waals surface area contributed by atoms with Crippen LogP contribution in [0, 0.1) is 5.82 Å². The van der Waals surface area contributed by atoms with Crippen LogP contribution in [-0.4, -0.2) is 61.6 Å². The molecule has 3 aromatic rings. The van der Waals surface area contributed by atoms with E-state index < -0.39 is 5.82 Å². The molecule has 1 heterocycles. The van der Waals surface area contributed by atoms with Crippen LogP contribution in [0.4, 0.5) is 15.9 Å². The summed E-state index contributed by atoms with van der Waals surface area (Å²) in [4.78, 5) is 23.1. The van der Waals surface area contributed by atoms with Gasteiger partial charge in [-0.2, -0.15) is 0 Å². The third-order valence-corrected chi connectivity index (χ3v) is 5.20. The minimum atomic E-state index is -0.569. The molecule has 0 fully saturated rings. The van der Waals surface area contributed by atoms with Crippen molar-refractivity contribution >= 4 is 39.9 Å². The van der Waals surface area contributed by atoms with Gasteiger partial charge in [-0.1, -0.05) is 17.7 Å². The summed E-state index contributed by atoms with van der Waals surface area (Å²) in [5.41, 5.74) is 1.54. The lowest BCUT2D eigenvalue weighted by Crippen LogP contribution is -2.48. The Hall–Kier alpha value is -3.01. The molecule has 10 heteroatoms. The number of carbonyl (C=O) groups is 1. The molecule has 0 saturated carbocycles. The number of benzene rings is 2. The number of aromatic nitrogens is 2. The highest BCUT2D eigenvalue weighted by molar-refractivity contribution is 6.31. The van der Waals surface area contributed by atoms with Gasteiger partial charge >= 0.3 is 0 Å². The van der Waals surface area contributed by atoms with Crippen molar-refractivity contribution in [1.29, 1.82) is 0 Å². The van der Waals surface area contributed by atoms with Gasteiger partial charge in [0.2, 0.25) is 5.91 Å². The van der Waals surface area contributed by atoms with Crippen LogP contribution in [0.3, 0.4) is 0 Å². The number of rotatable bonds is 9. The topological polar surface area (TPSA) is 91.4 Å². The average molecular weight is 461 g/mol. The molecule has 8 nitrogen and oxygen atoms in total. The summed E-state index contributed by atoms with van der Waals surface area (Å²) in [5.74, 6) is 0.282. The van der Waals surface area contributed by atoms with Gasteiger partial charge in [-0.15, -0.1) is 0 Å². The molecule has 0 radical (unpaired) electrons. The van der Waals surface area contributed by atoms with E-state index in [2.05, 4.69) is 25.9 Å². The fourth-order valence-electron chi connectivity index (χ4n) is 3.26. The lowest BCUT2D eigenvalue weighted by atomic mass is 10.1. The summed E-state index contributed by atoms with van der Waals surface area (Å²) >= 11 is 5.89. The lowest BCUT2D eigenvalue weighted by Gasteiger charge is -2.20. The molecule has 1 amide bonds. The van der Waals surface area contributed by atoms with Crippen LogP contribution in [0.1, 0.15) is 5.56 Å². The van der Waals surface area contributed by atoms with Crippen LogP contribution in [-0.2, 0) is 11.3 Å². The molecule has 3 N–H and O–H groups in total. The summed E-state index contributed by atoms with van der Waals surface area (Å²) in [7, 11) is 7.10. The normalized spacial score (nSPS) is 12.1. The molecule has 0 bridgehead atoms. The van der Waals surface area contributed by atoms with Crippen molar-refractivity contribution in [1.82, 2.24) is 25.5 Å². The zero-order chi connectivity index (χ0) is 23.3. The smallest absolute Gasteiger partial charge is 0.238 e. The van der Waals surface area contributed by atoms with E-state index in [4.69, 9.17) is 16.3 Å². The number of likely N-dealkylation sites (N-methyl/N-ethyl adjacent to an activating group) is 2. The number of methoxy groups -OCH3 is 1. The van der Waals surface area contributed by atoms with Gasteiger partial charge in [-0.05, 0) is 39.3 Å². The van der Waals surface area contributed by atoms with E-state index in [1.807, 2.05) is 25.1 Å². The van der Waals surface area contributed by atoms with Crippen LogP contribution in [0.25, 0.3) is 10.9 Å². The molecular formula is C22H26ClFN6O2. The van der Waals surface area contributed by atoms with Crippen LogP contribution in [0.5, 0.6) is 5.75 Å². The minimum Gasteiger partial charge on any atom is -0.496 e. The number of hydrogen-bond acceptors (Lipinski definition) is 7. The Kier molecular flexibility index (Phi) is 7.79. The molecule has 32 heavy (non-hydrogen) atoms. The molecule has 0 saturated heterocycles. The molecule has 1 aromatic heterocycles. The molecule has 0 aliphatic rings. The SMILES string of the molecule is CN[C@@H](CN(C)C)C(=O)NCc1cc2c(Nc3cccc(Cl)c3F)ncnc2cc1OC. The maximum absolute atomic E-state index is 14.4. The van der Waals surface area contributed by atoms with E-state index in [1.54, 1.807) is 32.4 Å². The van der Waals surface area contributed by atoms with Gasteiger partial charge in [0, 0.05) is 30.1 Å². The Morgan fingerprint density at radius 3 is 2.75 bits per heavy atom. The third-order valence-electron chi connectivity index (χ3n) is 4.91. The standard InChI is InChI=1S/C22H26ClFN6O2/c1-25-18(11-30(2)3)22(31)26-10-13-8-14-17(9-19(13)32-4)27-12-28-21(14)29-16-7-5-6-15(23)20(16)24/h5-9,12,18,25H,10-11H2,1-4H3,(H,26,31)(H,27,28,29)/t18-/m0/s1. The second kappa shape index (κ2) is 10.5. The summed E-state index contributed by atoms with van der Waals surface area (Å²) in [6.07, 6.45) is 1.38. The Morgan fingerprint density at radius 2 is 2.06 bits per heavy atom. The van der Waals surface area contributed by atoms with E-state index in [9.17, 15) is 9.18 Å². The Balaban J connectivity index is 1.91. The van der Waals surface area contributed by atoms with E-state index in [-0.39, 0.29) is 29.2 Å². The molecule has 3 rings (SSSR count). The zero-order valence-electron chi connectivity index (χ0n) is 18.4. The maximum Gasteiger partial charge on any atom is 0.238 e. The number of nitrogens with one attached hydrogen (secondary N) is 3. The number of amides is 1. The highest BCUT2D eigenvalue weighted by Crippen LogP contribution is 2.31. The summed E-state index contributed by atoms with van der Waals surface area (Å²) < 4.78 is 19.9. The minimum absolute atomic E-state index is 0.00949. The highest BCUT2D eigenvalue weighted by Gasteiger charge is 2.18. The molecule has 0 aliphatic carbocycles. The zero-order valence-corrected chi connectivity index (χ0v) is 19.1. The Labute approximate surface area is 191 Å². The van der Waals surface area contributed by atoms with Crippen LogP contribution in [0.2, 0.25) is 5.02 Å². The predicted octanol–water partition coefficient (Wildman–Crippen LogP) is 2.94. The number of anilines is 2. The number of carbonyl (C=O) groups excluding carboxylic acids is 1. The average Bonchev–Trinajstić information content (AvgIpc) is 2.78. The number of ether oxygens (including phenoxy) is 1. The van der Waals surface area contributed by atoms with Gasteiger partial charge in [-0.3, -0.25) is 4.79 Å². The first kappa shape index (κ1) is 23.6. The summed E-state index contributed by atoms with van der Waals surface area (Å²) in [6, 6.07) is 7.91. The van der Waals surface area contributed by atoms with Gasteiger partial charge in [0.25, 0.3) is 0 Å². The number of nitrogens with zero attached hydrogens (tertiary/aromatic N) is 3. The van der Waals surface area contributed by atoms with Gasteiger partial charge in [0.05, 0.1) is 29.4 Å². The quantitative estimate of drug-likeness (QED) is 0.452. The fraction of sp³-hybridized carbons (Fsp3) is 0.318. The molecular weight excluding hydrogens is 435 g/mol. The first-order valence-corrected chi connectivity index (χ1v) is 10.3. The monoisotopic (exact) mass is 460 g/mol. The third kappa shape index (κ3) is 5.42. The van der Waals surface area contributed by atoms with Crippen molar-refractivity contribution < 1.29 is 13.9 Å². The molecule has 0 aliphatic heterocycles. The number of halogens is 2. The largest absolute Gasteiger partial charge is 0.496 e. The van der Waals surface area contributed by atoms with Gasteiger partial charge < -0.3 is 25.6 Å². The van der Waals surface area contributed by atoms with E-state index in [0.717, 1.165) is 5.56 Å². The second-order valence-electron chi connectivity index (χ2n) is 7.45. The van der Waals surface area contributed by atoms with Crippen LogP contribution >= 0.6 is 11.6 Å². The van der Waals surface area contributed by atoms with Crippen molar-refractivity contribution in [3.8, 4) is 5.75 Å². The van der Waals surface area contributed by atoms with Gasteiger partial charge in [0.1, 0.15) is 17.9 Å². The van der Waals surface area contributed by atoms with Crippen LogP contribution in [0.15, 0.2) is 36.7 Å². The number of hydrogen-bond donors (Lipinski definition) is 3. The van der Waals surface area contributed by atoms with Crippen molar-refractivity contribution in [2.45, 2.75) is 12.6 Å². The van der Waals surface area contributed by atoms with Crippen molar-refractivity contribution in [3.05, 3.63) is 53.1 Å². The molecule has 2 aromatic carbocycles. The van der Waals surface area contributed by atoms with Gasteiger partial charge in [-0.25, -0.2) is 14.4 Å². The van der Waals surface area contributed by atoms with E-state index in [1.165, 1.54) is 12.4 Å². The molecule has 0 spiro atoms. The van der Waals surface area contributed by atoms with Gasteiger partial charge in [0.15, 0.2) is 5.82 Å².